The van der Waals surface area contributed by atoms with Crippen molar-refractivity contribution in [2.45, 2.75) is 39.7 Å². The van der Waals surface area contributed by atoms with E-state index in [4.69, 9.17) is 22.7 Å². The smallest absolute Gasteiger partial charge is 0.176 e. The highest BCUT2D eigenvalue weighted by Crippen LogP contribution is 2.07. The van der Waals surface area contributed by atoms with Gasteiger partial charge < -0.3 is 10.5 Å². The van der Waals surface area contributed by atoms with Gasteiger partial charge in [0.2, 0.25) is 0 Å². The zero-order chi connectivity index (χ0) is 9.56. The van der Waals surface area contributed by atoms with E-state index in [1.807, 2.05) is 0 Å². The summed E-state index contributed by atoms with van der Waals surface area (Å²) >= 11 is 5.04. The van der Waals surface area contributed by atoms with Crippen LogP contribution in [0.15, 0.2) is 0 Å². The molecule has 0 fully saturated rings. The summed E-state index contributed by atoms with van der Waals surface area (Å²) in [7, 11) is 0. The predicted molar refractivity (Wildman–Crippen MR) is 56.3 cm³/mol. The third-order valence-corrected chi connectivity index (χ3v) is 2.37. The maximum atomic E-state index is 5.85. The summed E-state index contributed by atoms with van der Waals surface area (Å²) in [6.07, 6.45) is 2.02. The fourth-order valence-electron chi connectivity index (χ4n) is 0.785. The first-order valence-electron chi connectivity index (χ1n) is 4.55. The number of thiocarbonyl (C=S) groups is 1. The molecule has 0 bridgehead atoms. The Hall–Kier alpha value is -0.150. The number of nitrogens with two attached hydrogens (primary N) is 1. The summed E-state index contributed by atoms with van der Waals surface area (Å²) in [6, 6.07) is -0.0865. The molecule has 0 saturated heterocycles. The fraction of sp³-hybridized carbons (Fsp3) is 0.889. The van der Waals surface area contributed by atoms with Crippen molar-refractivity contribution in [2.24, 2.45) is 11.7 Å². The van der Waals surface area contributed by atoms with Crippen molar-refractivity contribution in [2.75, 3.05) is 6.61 Å². The van der Waals surface area contributed by atoms with Gasteiger partial charge in [-0.05, 0) is 24.6 Å². The SMILES string of the molecule is CCCOC(=S)C(N)C(C)CC. The Morgan fingerprint density at radius 1 is 1.50 bits per heavy atom. The number of rotatable bonds is 5. The normalized spacial score (nSPS) is 15.3. The van der Waals surface area contributed by atoms with E-state index in [9.17, 15) is 0 Å². The molecule has 3 heteroatoms. The van der Waals surface area contributed by atoms with Gasteiger partial charge in [-0.3, -0.25) is 0 Å². The molecule has 2 N–H and O–H groups in total. The molecule has 0 saturated carbocycles. The molecule has 0 amide bonds. The number of ether oxygens (including phenoxy) is 1. The molecule has 12 heavy (non-hydrogen) atoms. The lowest BCUT2D eigenvalue weighted by atomic mass is 10.0. The lowest BCUT2D eigenvalue weighted by Crippen LogP contribution is -2.36. The molecule has 0 aliphatic heterocycles. The van der Waals surface area contributed by atoms with Crippen LogP contribution >= 0.6 is 12.2 Å². The summed E-state index contributed by atoms with van der Waals surface area (Å²) in [5, 5.41) is 0.561. The standard InChI is InChI=1S/C9H19NOS/c1-4-6-11-9(12)8(10)7(3)5-2/h7-8H,4-6,10H2,1-3H3. The molecular weight excluding hydrogens is 170 g/mol. The number of hydrogen-bond acceptors (Lipinski definition) is 3. The van der Waals surface area contributed by atoms with Gasteiger partial charge >= 0.3 is 0 Å². The molecule has 0 rings (SSSR count). The average Bonchev–Trinajstić information content (AvgIpc) is 2.11. The molecule has 2 atom stereocenters. The van der Waals surface area contributed by atoms with Crippen LogP contribution in [0.2, 0.25) is 0 Å². The second kappa shape index (κ2) is 6.38. The minimum atomic E-state index is -0.0865. The van der Waals surface area contributed by atoms with Gasteiger partial charge in [0.25, 0.3) is 0 Å². The Morgan fingerprint density at radius 2 is 2.08 bits per heavy atom. The summed E-state index contributed by atoms with van der Waals surface area (Å²) < 4.78 is 5.28. The second-order valence-electron chi connectivity index (χ2n) is 3.08. The molecule has 2 nitrogen and oxygen atoms in total. The van der Waals surface area contributed by atoms with E-state index in [-0.39, 0.29) is 6.04 Å². The lowest BCUT2D eigenvalue weighted by Gasteiger charge is -2.19. The Labute approximate surface area is 80.5 Å². The maximum absolute atomic E-state index is 5.85. The zero-order valence-corrected chi connectivity index (χ0v) is 8.99. The van der Waals surface area contributed by atoms with Gasteiger partial charge in [-0.15, -0.1) is 0 Å². The Morgan fingerprint density at radius 3 is 2.50 bits per heavy atom. The first-order chi connectivity index (χ1) is 5.63. The van der Waals surface area contributed by atoms with Gasteiger partial charge in [0, 0.05) is 0 Å². The summed E-state index contributed by atoms with van der Waals surface area (Å²) in [5.74, 6) is 0.411. The second-order valence-corrected chi connectivity index (χ2v) is 3.48. The van der Waals surface area contributed by atoms with Crippen LogP contribution in [-0.4, -0.2) is 17.7 Å². The van der Waals surface area contributed by atoms with Crippen LogP contribution in [0.5, 0.6) is 0 Å². The first-order valence-corrected chi connectivity index (χ1v) is 4.96. The molecule has 72 valence electrons. The van der Waals surface area contributed by atoms with Gasteiger partial charge in [-0.1, -0.05) is 27.2 Å². The maximum Gasteiger partial charge on any atom is 0.176 e. The number of hydrogen-bond donors (Lipinski definition) is 1. The highest BCUT2D eigenvalue weighted by atomic mass is 32.1. The van der Waals surface area contributed by atoms with Crippen molar-refractivity contribution in [3.05, 3.63) is 0 Å². The highest BCUT2D eigenvalue weighted by molar-refractivity contribution is 7.80. The minimum absolute atomic E-state index is 0.0865. The zero-order valence-electron chi connectivity index (χ0n) is 8.17. The molecule has 0 aliphatic carbocycles. The van der Waals surface area contributed by atoms with E-state index in [2.05, 4.69) is 20.8 Å². The van der Waals surface area contributed by atoms with Crippen LogP contribution in [0.3, 0.4) is 0 Å². The molecule has 0 heterocycles. The minimum Gasteiger partial charge on any atom is -0.485 e. The van der Waals surface area contributed by atoms with E-state index >= 15 is 0 Å². The molecular formula is C9H19NOS. The highest BCUT2D eigenvalue weighted by Gasteiger charge is 2.16. The summed E-state index contributed by atoms with van der Waals surface area (Å²) in [6.45, 7) is 6.93. The van der Waals surface area contributed by atoms with Crippen LogP contribution < -0.4 is 5.73 Å². The first kappa shape index (κ1) is 11.8. The quantitative estimate of drug-likeness (QED) is 0.673. The van der Waals surface area contributed by atoms with E-state index in [0.29, 0.717) is 17.6 Å². The Balaban J connectivity index is 3.75. The monoisotopic (exact) mass is 189 g/mol. The lowest BCUT2D eigenvalue weighted by molar-refractivity contribution is 0.288. The third kappa shape index (κ3) is 4.02. The average molecular weight is 189 g/mol. The van der Waals surface area contributed by atoms with E-state index in [1.54, 1.807) is 0 Å². The molecule has 0 aromatic heterocycles. The molecule has 0 aromatic carbocycles. The summed E-state index contributed by atoms with van der Waals surface area (Å²) in [5.41, 5.74) is 5.85. The van der Waals surface area contributed by atoms with Crippen molar-refractivity contribution < 1.29 is 4.74 Å². The molecule has 0 radical (unpaired) electrons. The van der Waals surface area contributed by atoms with Crippen molar-refractivity contribution in [3.63, 3.8) is 0 Å². The van der Waals surface area contributed by atoms with Gasteiger partial charge in [-0.25, -0.2) is 0 Å². The van der Waals surface area contributed by atoms with Gasteiger partial charge in [-0.2, -0.15) is 0 Å². The van der Waals surface area contributed by atoms with Crippen LogP contribution in [-0.2, 0) is 4.74 Å². The molecule has 0 spiro atoms. The van der Waals surface area contributed by atoms with Gasteiger partial charge in [0.1, 0.15) is 0 Å². The van der Waals surface area contributed by atoms with E-state index in [1.165, 1.54) is 0 Å². The van der Waals surface area contributed by atoms with Crippen molar-refractivity contribution in [1.29, 1.82) is 0 Å². The summed E-state index contributed by atoms with van der Waals surface area (Å²) in [4.78, 5) is 0. The van der Waals surface area contributed by atoms with Crippen molar-refractivity contribution in [3.8, 4) is 0 Å². The molecule has 0 aromatic rings. The van der Waals surface area contributed by atoms with Gasteiger partial charge in [0.15, 0.2) is 5.05 Å². The third-order valence-electron chi connectivity index (χ3n) is 1.98. The van der Waals surface area contributed by atoms with Gasteiger partial charge in [0.05, 0.1) is 12.6 Å². The molecule has 2 unspecified atom stereocenters. The van der Waals surface area contributed by atoms with Crippen LogP contribution in [0, 0.1) is 5.92 Å². The van der Waals surface area contributed by atoms with Crippen LogP contribution in [0.4, 0.5) is 0 Å². The van der Waals surface area contributed by atoms with E-state index < -0.39 is 0 Å². The van der Waals surface area contributed by atoms with Crippen LogP contribution in [0.1, 0.15) is 33.6 Å². The topological polar surface area (TPSA) is 35.2 Å². The van der Waals surface area contributed by atoms with Crippen LogP contribution in [0.25, 0.3) is 0 Å². The molecule has 0 aliphatic rings. The Kier molecular flexibility index (Phi) is 6.30. The largest absolute Gasteiger partial charge is 0.485 e. The fourth-order valence-corrected chi connectivity index (χ4v) is 1.10. The predicted octanol–water partition coefficient (Wildman–Crippen LogP) is 2.11. The Bertz CT molecular complexity index is 138. The van der Waals surface area contributed by atoms with Crippen molar-refractivity contribution in [1.82, 2.24) is 0 Å². The van der Waals surface area contributed by atoms with E-state index in [0.717, 1.165) is 12.8 Å². The van der Waals surface area contributed by atoms with Crippen molar-refractivity contribution >= 4 is 17.3 Å².